The number of carbonyl (C=O) groups excluding carboxylic acids is 1. The third kappa shape index (κ3) is 6.42. The summed E-state index contributed by atoms with van der Waals surface area (Å²) in [6.07, 6.45) is 0.0397. The molecule has 0 aliphatic heterocycles. The third-order valence-corrected chi connectivity index (χ3v) is 6.78. The van der Waals surface area contributed by atoms with Crippen LogP contribution in [0, 0.1) is 0 Å². The van der Waals surface area contributed by atoms with Crippen molar-refractivity contribution in [2.24, 2.45) is 0 Å². The van der Waals surface area contributed by atoms with E-state index in [1.54, 1.807) is 49.0 Å². The molecule has 3 aromatic carbocycles. The highest BCUT2D eigenvalue weighted by atomic mass is 35.5. The number of nitrogens with one attached hydrogen (secondary N) is 1. The number of carboxylic acid groups (broad SMARTS) is 1. The van der Waals surface area contributed by atoms with Gasteiger partial charge in [0.2, 0.25) is 0 Å². The fourth-order valence-corrected chi connectivity index (χ4v) is 4.81. The smallest absolute Gasteiger partial charge is 0.352 e. The average molecular weight is 534 g/mol. The van der Waals surface area contributed by atoms with Gasteiger partial charge in [-0.25, -0.2) is 4.79 Å². The highest BCUT2D eigenvalue weighted by Crippen LogP contribution is 2.24. The largest absolute Gasteiger partial charge is 0.477 e. The molecule has 0 spiro atoms. The lowest BCUT2D eigenvalue weighted by Gasteiger charge is -2.18. The van der Waals surface area contributed by atoms with Crippen LogP contribution in [-0.4, -0.2) is 58.2 Å². The summed E-state index contributed by atoms with van der Waals surface area (Å²) in [5, 5.41) is 25.2. The molecular formula is C30H32ClN3O4. The zero-order valence-electron chi connectivity index (χ0n) is 21.7. The maximum atomic E-state index is 12.4. The molecule has 0 aliphatic carbocycles. The van der Waals surface area contributed by atoms with Crippen LogP contribution < -0.4 is 5.32 Å². The maximum absolute atomic E-state index is 12.4. The number of carboxylic acids is 1. The Morgan fingerprint density at radius 1 is 1.00 bits per heavy atom. The van der Waals surface area contributed by atoms with E-state index in [-0.39, 0.29) is 17.6 Å². The predicted molar refractivity (Wildman–Crippen MR) is 150 cm³/mol. The number of benzene rings is 3. The molecule has 7 nitrogen and oxygen atoms in total. The number of aliphatic hydroxyl groups is 1. The molecule has 3 N–H and O–H groups in total. The van der Waals surface area contributed by atoms with Crippen LogP contribution in [0.25, 0.3) is 10.9 Å². The van der Waals surface area contributed by atoms with Crippen LogP contribution >= 0.6 is 11.6 Å². The van der Waals surface area contributed by atoms with Gasteiger partial charge < -0.3 is 25.0 Å². The zero-order chi connectivity index (χ0) is 27.4. The van der Waals surface area contributed by atoms with Crippen LogP contribution in [0.2, 0.25) is 5.02 Å². The summed E-state index contributed by atoms with van der Waals surface area (Å²) in [5.41, 5.74) is 4.23. The average Bonchev–Trinajstić information content (AvgIpc) is 3.24. The highest BCUT2D eigenvalue weighted by Gasteiger charge is 2.17. The van der Waals surface area contributed by atoms with Gasteiger partial charge >= 0.3 is 5.97 Å². The van der Waals surface area contributed by atoms with E-state index >= 15 is 0 Å². The third-order valence-electron chi connectivity index (χ3n) is 6.54. The maximum Gasteiger partial charge on any atom is 0.352 e. The quantitative estimate of drug-likeness (QED) is 0.267. The van der Waals surface area contributed by atoms with E-state index < -0.39 is 12.1 Å². The van der Waals surface area contributed by atoms with E-state index in [9.17, 15) is 19.8 Å². The number of aromatic carboxylic acids is 1. The lowest BCUT2D eigenvalue weighted by atomic mass is 10.0. The summed E-state index contributed by atoms with van der Waals surface area (Å²) in [4.78, 5) is 26.0. The first kappa shape index (κ1) is 27.4. The van der Waals surface area contributed by atoms with Gasteiger partial charge in [0.1, 0.15) is 5.69 Å². The Hall–Kier alpha value is -3.65. The molecule has 0 unspecified atom stereocenters. The molecule has 0 saturated heterocycles. The van der Waals surface area contributed by atoms with Crippen LogP contribution in [0.3, 0.4) is 0 Å². The summed E-state index contributed by atoms with van der Waals surface area (Å²) in [5.74, 6) is -1.11. The topological polar surface area (TPSA) is 94.8 Å². The first-order chi connectivity index (χ1) is 18.1. The van der Waals surface area contributed by atoms with Gasteiger partial charge in [0.15, 0.2) is 0 Å². The van der Waals surface area contributed by atoms with Gasteiger partial charge in [-0.2, -0.15) is 0 Å². The van der Waals surface area contributed by atoms with Crippen molar-refractivity contribution in [3.8, 4) is 0 Å². The Morgan fingerprint density at radius 2 is 1.76 bits per heavy atom. The molecule has 0 fully saturated rings. The first-order valence-electron chi connectivity index (χ1n) is 12.5. The second kappa shape index (κ2) is 11.8. The highest BCUT2D eigenvalue weighted by molar-refractivity contribution is 6.30. The molecule has 4 rings (SSSR count). The minimum Gasteiger partial charge on any atom is -0.477 e. The molecule has 0 bridgehead atoms. The number of aromatic nitrogens is 1. The number of nitrogens with zero attached hydrogens (tertiary/aromatic N) is 2. The summed E-state index contributed by atoms with van der Waals surface area (Å²) >= 11 is 6.03. The van der Waals surface area contributed by atoms with Gasteiger partial charge in [0.25, 0.3) is 5.91 Å². The number of hydrogen-bond acceptors (Lipinski definition) is 4. The van der Waals surface area contributed by atoms with E-state index in [1.807, 2.05) is 49.4 Å². The van der Waals surface area contributed by atoms with Gasteiger partial charge in [-0.3, -0.25) is 4.79 Å². The normalized spacial score (nSPS) is 12.9. The lowest BCUT2D eigenvalue weighted by molar-refractivity contribution is 0.0685. The molecule has 4 aromatic rings. The standard InChI is InChI=1S/C30H32ClN3O4/c1-19(32-17-28(35)22-7-5-9-25(31)15-22)12-20-10-11-26-24(13-20)16-27(30(37)38)34(26)18-21-6-4-8-23(14-21)29(36)33(2)3/h4-11,13-16,19,28,32,35H,12,17-18H2,1-3H3,(H,37,38)/t19-,28-/m1/s1. The Bertz CT molecular complexity index is 1460. The molecule has 1 heterocycles. The van der Waals surface area contributed by atoms with Crippen LogP contribution in [0.1, 0.15) is 50.6 Å². The number of aliphatic hydroxyl groups excluding tert-OH is 1. The fourth-order valence-electron chi connectivity index (χ4n) is 4.61. The minimum absolute atomic E-state index is 0.0827. The molecule has 0 aliphatic rings. The van der Waals surface area contributed by atoms with Crippen molar-refractivity contribution in [3.05, 3.63) is 106 Å². The van der Waals surface area contributed by atoms with Crippen molar-refractivity contribution < 1.29 is 19.8 Å². The van der Waals surface area contributed by atoms with Crippen LogP contribution in [-0.2, 0) is 13.0 Å². The van der Waals surface area contributed by atoms with Crippen LogP contribution in [0.4, 0.5) is 0 Å². The molecule has 198 valence electrons. The molecule has 0 saturated carbocycles. The number of fused-ring (bicyclic) bond motifs is 1. The Kier molecular flexibility index (Phi) is 8.52. The molecule has 1 aromatic heterocycles. The van der Waals surface area contributed by atoms with Crippen molar-refractivity contribution in [1.29, 1.82) is 0 Å². The summed E-state index contributed by atoms with van der Waals surface area (Å²) in [6, 6.07) is 22.2. The SMILES string of the molecule is C[C@H](Cc1ccc2c(c1)cc(C(=O)O)n2Cc1cccc(C(=O)N(C)C)c1)NC[C@@H](O)c1cccc(Cl)c1. The minimum atomic E-state index is -1.01. The Labute approximate surface area is 227 Å². The van der Waals surface area contributed by atoms with E-state index in [2.05, 4.69) is 5.32 Å². The number of amides is 1. The molecular weight excluding hydrogens is 502 g/mol. The van der Waals surface area contributed by atoms with Gasteiger partial charge in [-0.15, -0.1) is 0 Å². The summed E-state index contributed by atoms with van der Waals surface area (Å²) in [6.45, 7) is 2.77. The number of rotatable bonds is 10. The fraction of sp³-hybridized carbons (Fsp3) is 0.267. The monoisotopic (exact) mass is 533 g/mol. The van der Waals surface area contributed by atoms with Gasteiger partial charge in [0.05, 0.1) is 6.10 Å². The van der Waals surface area contributed by atoms with Crippen molar-refractivity contribution in [3.63, 3.8) is 0 Å². The van der Waals surface area contributed by atoms with Gasteiger partial charge in [0, 0.05) is 54.7 Å². The second-order valence-corrected chi connectivity index (χ2v) is 10.2. The van der Waals surface area contributed by atoms with Crippen molar-refractivity contribution in [2.75, 3.05) is 20.6 Å². The first-order valence-corrected chi connectivity index (χ1v) is 12.8. The molecule has 8 heteroatoms. The Balaban J connectivity index is 1.50. The van der Waals surface area contributed by atoms with E-state index in [4.69, 9.17) is 11.6 Å². The summed E-state index contributed by atoms with van der Waals surface area (Å²) in [7, 11) is 3.40. The number of halogens is 1. The lowest BCUT2D eigenvalue weighted by Crippen LogP contribution is -2.32. The van der Waals surface area contributed by atoms with Crippen LogP contribution in [0.5, 0.6) is 0 Å². The van der Waals surface area contributed by atoms with E-state index in [0.717, 1.165) is 27.6 Å². The van der Waals surface area contributed by atoms with Crippen molar-refractivity contribution >= 4 is 34.4 Å². The second-order valence-electron chi connectivity index (χ2n) is 9.80. The van der Waals surface area contributed by atoms with Gasteiger partial charge in [-0.05, 0) is 72.5 Å². The molecule has 0 radical (unpaired) electrons. The van der Waals surface area contributed by atoms with E-state index in [0.29, 0.717) is 30.1 Å². The predicted octanol–water partition coefficient (Wildman–Crippen LogP) is 5.00. The molecule has 2 atom stereocenters. The number of carbonyl (C=O) groups is 2. The molecule has 38 heavy (non-hydrogen) atoms. The van der Waals surface area contributed by atoms with Crippen LogP contribution in [0.15, 0.2) is 72.8 Å². The van der Waals surface area contributed by atoms with Gasteiger partial charge in [-0.1, -0.05) is 41.9 Å². The van der Waals surface area contributed by atoms with E-state index in [1.165, 1.54) is 4.90 Å². The summed E-state index contributed by atoms with van der Waals surface area (Å²) < 4.78 is 1.77. The van der Waals surface area contributed by atoms with Crippen molar-refractivity contribution in [2.45, 2.75) is 32.0 Å². The number of hydrogen-bond donors (Lipinski definition) is 3. The zero-order valence-corrected chi connectivity index (χ0v) is 22.4. The Morgan fingerprint density at radius 3 is 2.47 bits per heavy atom. The molecule has 1 amide bonds. The van der Waals surface area contributed by atoms with Crippen molar-refractivity contribution in [1.82, 2.24) is 14.8 Å².